The third-order valence-electron chi connectivity index (χ3n) is 3.70. The molecule has 0 aliphatic carbocycles. The molecule has 158 valence electrons. The van der Waals surface area contributed by atoms with Gasteiger partial charge in [0.1, 0.15) is 0 Å². The van der Waals surface area contributed by atoms with E-state index in [0.29, 0.717) is 28.3 Å². The van der Waals surface area contributed by atoms with Crippen LogP contribution in [0, 0.1) is 11.3 Å². The summed E-state index contributed by atoms with van der Waals surface area (Å²) in [7, 11) is 1.48. The normalized spacial score (nSPS) is 10.1. The Kier molecular flexibility index (Phi) is 9.51. The number of esters is 1. The summed E-state index contributed by atoms with van der Waals surface area (Å²) >= 11 is 4.68. The highest BCUT2D eigenvalue weighted by atomic mass is 79.9. The van der Waals surface area contributed by atoms with Crippen molar-refractivity contribution in [1.29, 1.82) is 5.26 Å². The number of benzene rings is 2. The van der Waals surface area contributed by atoms with Crippen LogP contribution in [0.2, 0.25) is 0 Å². The summed E-state index contributed by atoms with van der Waals surface area (Å²) in [6.45, 7) is 2.04. The van der Waals surface area contributed by atoms with Crippen LogP contribution in [0.5, 0.6) is 11.5 Å². The van der Waals surface area contributed by atoms with E-state index in [9.17, 15) is 9.59 Å². The first-order valence-corrected chi connectivity index (χ1v) is 10.8. The van der Waals surface area contributed by atoms with Crippen LogP contribution in [0.1, 0.15) is 23.7 Å². The standard InChI is InChI=1S/C21H21BrN2O5S/c1-3-9-28-20-15(22)11-14(12-17(20)27-2)21(26)29-13-19(25)24-16-6-4-5-7-18(16)30-10-8-23/h4-7,11-12H,3,9-10,13H2,1-2H3,(H,24,25). The highest BCUT2D eigenvalue weighted by molar-refractivity contribution is 9.10. The third-order valence-corrected chi connectivity index (χ3v) is 5.23. The second-order valence-corrected chi connectivity index (χ2v) is 7.78. The van der Waals surface area contributed by atoms with Gasteiger partial charge in [-0.3, -0.25) is 4.79 Å². The van der Waals surface area contributed by atoms with Gasteiger partial charge < -0.3 is 19.5 Å². The fourth-order valence-corrected chi connectivity index (χ4v) is 3.61. The lowest BCUT2D eigenvalue weighted by molar-refractivity contribution is -0.119. The molecule has 0 saturated heterocycles. The maximum atomic E-state index is 12.4. The van der Waals surface area contributed by atoms with Crippen LogP contribution in [0.4, 0.5) is 5.69 Å². The van der Waals surface area contributed by atoms with Gasteiger partial charge in [0.05, 0.1) is 41.3 Å². The molecule has 2 rings (SSSR count). The van der Waals surface area contributed by atoms with Gasteiger partial charge in [-0.2, -0.15) is 5.26 Å². The van der Waals surface area contributed by atoms with Gasteiger partial charge >= 0.3 is 5.97 Å². The minimum atomic E-state index is -0.668. The number of nitriles is 1. The number of ether oxygens (including phenoxy) is 3. The average Bonchev–Trinajstić information content (AvgIpc) is 2.75. The Morgan fingerprint density at radius 2 is 2.03 bits per heavy atom. The molecule has 0 spiro atoms. The van der Waals surface area contributed by atoms with E-state index in [-0.39, 0.29) is 11.3 Å². The molecule has 0 radical (unpaired) electrons. The lowest BCUT2D eigenvalue weighted by Gasteiger charge is -2.14. The molecule has 0 saturated carbocycles. The number of carbonyl (C=O) groups is 2. The van der Waals surface area contributed by atoms with Crippen molar-refractivity contribution < 1.29 is 23.8 Å². The van der Waals surface area contributed by atoms with Crippen molar-refractivity contribution in [2.45, 2.75) is 18.2 Å². The molecule has 0 aliphatic heterocycles. The predicted octanol–water partition coefficient (Wildman–Crippen LogP) is 4.66. The molecular weight excluding hydrogens is 472 g/mol. The highest BCUT2D eigenvalue weighted by Gasteiger charge is 2.18. The molecule has 0 fully saturated rings. The number of methoxy groups -OCH3 is 1. The fraction of sp³-hybridized carbons (Fsp3) is 0.286. The molecule has 9 heteroatoms. The first-order valence-electron chi connectivity index (χ1n) is 9.06. The van der Waals surface area contributed by atoms with Crippen molar-refractivity contribution >= 4 is 45.3 Å². The number of halogens is 1. The van der Waals surface area contributed by atoms with Gasteiger partial charge in [-0.05, 0) is 46.6 Å². The number of anilines is 1. The Morgan fingerprint density at radius 1 is 1.27 bits per heavy atom. The van der Waals surface area contributed by atoms with Crippen LogP contribution in [-0.2, 0) is 9.53 Å². The third kappa shape index (κ3) is 6.68. The van der Waals surface area contributed by atoms with Crippen molar-refractivity contribution in [2.24, 2.45) is 0 Å². The lowest BCUT2D eigenvalue weighted by Crippen LogP contribution is -2.21. The van der Waals surface area contributed by atoms with E-state index in [2.05, 4.69) is 21.2 Å². The highest BCUT2D eigenvalue weighted by Crippen LogP contribution is 2.37. The number of para-hydroxylation sites is 1. The first-order chi connectivity index (χ1) is 14.5. The Bertz CT molecular complexity index is 945. The van der Waals surface area contributed by atoms with E-state index < -0.39 is 18.5 Å². The second-order valence-electron chi connectivity index (χ2n) is 5.91. The second kappa shape index (κ2) is 12.1. The summed E-state index contributed by atoms with van der Waals surface area (Å²) < 4.78 is 16.6. The maximum Gasteiger partial charge on any atom is 0.338 e. The van der Waals surface area contributed by atoms with Gasteiger partial charge in [0, 0.05) is 4.90 Å². The molecule has 0 atom stereocenters. The molecule has 0 aromatic heterocycles. The number of nitrogens with one attached hydrogen (secondary N) is 1. The maximum absolute atomic E-state index is 12.4. The van der Waals surface area contributed by atoms with E-state index in [1.54, 1.807) is 24.3 Å². The number of carbonyl (C=O) groups excluding carboxylic acids is 2. The number of hydrogen-bond donors (Lipinski definition) is 1. The van der Waals surface area contributed by atoms with Crippen LogP contribution in [0.25, 0.3) is 0 Å². The van der Waals surface area contributed by atoms with Crippen LogP contribution in [-0.4, -0.2) is 38.0 Å². The molecule has 7 nitrogen and oxygen atoms in total. The summed E-state index contributed by atoms with van der Waals surface area (Å²) in [5, 5.41) is 11.4. The van der Waals surface area contributed by atoms with Gasteiger partial charge in [-0.1, -0.05) is 19.1 Å². The first kappa shape index (κ1) is 23.6. The molecule has 2 aromatic carbocycles. The molecule has 2 aromatic rings. The number of hydrogen-bond acceptors (Lipinski definition) is 7. The van der Waals surface area contributed by atoms with Gasteiger partial charge in [0.2, 0.25) is 0 Å². The number of rotatable bonds is 10. The SMILES string of the molecule is CCCOc1c(Br)cc(C(=O)OCC(=O)Nc2ccccc2SCC#N)cc1OC. The lowest BCUT2D eigenvalue weighted by atomic mass is 10.2. The minimum Gasteiger partial charge on any atom is -0.493 e. The summed E-state index contributed by atoms with van der Waals surface area (Å²) in [5.74, 6) is -0.00490. The number of thioether (sulfide) groups is 1. The van der Waals surface area contributed by atoms with Gasteiger partial charge in [0.25, 0.3) is 5.91 Å². The molecule has 1 N–H and O–H groups in total. The molecule has 0 bridgehead atoms. The fourth-order valence-electron chi connectivity index (χ4n) is 2.39. The summed E-state index contributed by atoms with van der Waals surface area (Å²) in [5.41, 5.74) is 0.779. The molecule has 0 aliphatic rings. The Hall–Kier alpha value is -2.70. The van der Waals surface area contributed by atoms with E-state index in [1.165, 1.54) is 24.9 Å². The molecule has 30 heavy (non-hydrogen) atoms. The smallest absolute Gasteiger partial charge is 0.338 e. The zero-order valence-electron chi connectivity index (χ0n) is 16.6. The van der Waals surface area contributed by atoms with Crippen molar-refractivity contribution in [3.8, 4) is 17.6 Å². The summed E-state index contributed by atoms with van der Waals surface area (Å²) in [6, 6.07) is 12.2. The Morgan fingerprint density at radius 3 is 2.73 bits per heavy atom. The van der Waals surface area contributed by atoms with Gasteiger partial charge in [-0.15, -0.1) is 11.8 Å². The predicted molar refractivity (Wildman–Crippen MR) is 118 cm³/mol. The van der Waals surface area contributed by atoms with Crippen molar-refractivity contribution in [2.75, 3.05) is 31.4 Å². The molecule has 1 amide bonds. The minimum absolute atomic E-state index is 0.223. The van der Waals surface area contributed by atoms with E-state index >= 15 is 0 Å². The van der Waals surface area contributed by atoms with Gasteiger partial charge in [0.15, 0.2) is 18.1 Å². The number of amides is 1. The average molecular weight is 493 g/mol. The monoisotopic (exact) mass is 492 g/mol. The van der Waals surface area contributed by atoms with E-state index in [4.69, 9.17) is 19.5 Å². The summed E-state index contributed by atoms with van der Waals surface area (Å²) in [6.07, 6.45) is 0.826. The number of nitrogens with zero attached hydrogens (tertiary/aromatic N) is 1. The zero-order chi connectivity index (χ0) is 21.9. The largest absolute Gasteiger partial charge is 0.493 e. The zero-order valence-corrected chi connectivity index (χ0v) is 19.0. The van der Waals surface area contributed by atoms with Crippen molar-refractivity contribution in [1.82, 2.24) is 0 Å². The van der Waals surface area contributed by atoms with Crippen LogP contribution >= 0.6 is 27.7 Å². The Labute approximate surface area is 187 Å². The van der Waals surface area contributed by atoms with Crippen LogP contribution in [0.3, 0.4) is 0 Å². The van der Waals surface area contributed by atoms with E-state index in [1.807, 2.05) is 19.1 Å². The molecular formula is C21H21BrN2O5S. The van der Waals surface area contributed by atoms with Crippen LogP contribution in [0.15, 0.2) is 45.8 Å². The topological polar surface area (TPSA) is 97.6 Å². The van der Waals surface area contributed by atoms with E-state index in [0.717, 1.165) is 11.3 Å². The van der Waals surface area contributed by atoms with Crippen molar-refractivity contribution in [3.05, 3.63) is 46.4 Å². The summed E-state index contributed by atoms with van der Waals surface area (Å²) in [4.78, 5) is 25.4. The van der Waals surface area contributed by atoms with Crippen molar-refractivity contribution in [3.63, 3.8) is 0 Å². The quantitative estimate of drug-likeness (QED) is 0.380. The van der Waals surface area contributed by atoms with Gasteiger partial charge in [-0.25, -0.2) is 4.79 Å². The molecule has 0 unspecified atom stereocenters. The van der Waals surface area contributed by atoms with Crippen LogP contribution < -0.4 is 14.8 Å². The Balaban J connectivity index is 2.01. The molecule has 0 heterocycles.